The fourth-order valence-electron chi connectivity index (χ4n) is 3.23. The van der Waals surface area contributed by atoms with E-state index in [9.17, 15) is 4.79 Å². The number of amides is 1. The highest BCUT2D eigenvalue weighted by Crippen LogP contribution is 2.22. The van der Waals surface area contributed by atoms with Crippen LogP contribution in [0.3, 0.4) is 0 Å². The molecule has 7 nitrogen and oxygen atoms in total. The molecule has 0 aliphatic carbocycles. The summed E-state index contributed by atoms with van der Waals surface area (Å²) in [5.41, 5.74) is 0. The van der Waals surface area contributed by atoms with Gasteiger partial charge in [0.05, 0.1) is 7.11 Å². The first-order valence-corrected chi connectivity index (χ1v) is 8.39. The topological polar surface area (TPSA) is 79.4 Å². The van der Waals surface area contributed by atoms with E-state index in [1.165, 1.54) is 0 Å². The van der Waals surface area contributed by atoms with Crippen LogP contribution in [-0.4, -0.2) is 55.2 Å². The van der Waals surface area contributed by atoms with Gasteiger partial charge in [0.15, 0.2) is 0 Å². The molecule has 2 aliphatic heterocycles. The van der Waals surface area contributed by atoms with Crippen LogP contribution in [0.25, 0.3) is 0 Å². The minimum Gasteiger partial charge on any atom is -0.481 e. The van der Waals surface area contributed by atoms with E-state index in [-0.39, 0.29) is 17.9 Å². The van der Waals surface area contributed by atoms with Crippen molar-refractivity contribution in [2.24, 2.45) is 5.92 Å². The van der Waals surface area contributed by atoms with Crippen molar-refractivity contribution in [2.45, 2.75) is 31.7 Å². The molecule has 1 amide bonds. The molecule has 3 heterocycles. The van der Waals surface area contributed by atoms with Crippen molar-refractivity contribution in [3.8, 4) is 5.88 Å². The zero-order valence-corrected chi connectivity index (χ0v) is 13.6. The monoisotopic (exact) mass is 319 g/mol. The zero-order valence-electron chi connectivity index (χ0n) is 13.6. The largest absolute Gasteiger partial charge is 0.481 e. The molecule has 1 atom stereocenters. The number of rotatable bonds is 4. The van der Waals surface area contributed by atoms with E-state index in [2.05, 4.69) is 25.5 Å². The molecule has 3 rings (SSSR count). The molecule has 0 aromatic carbocycles. The molecule has 0 radical (unpaired) electrons. The average Bonchev–Trinajstić information content (AvgIpc) is 2.63. The smallest absolute Gasteiger partial charge is 0.228 e. The number of carbonyl (C=O) groups excluding carboxylic acids is 1. The highest BCUT2D eigenvalue weighted by molar-refractivity contribution is 5.79. The SMILES string of the molecule is COc1ccnc(N2CCC(C(=O)N[C@H]3CCCNC3)CC2)n1. The Labute approximate surface area is 136 Å². The molecule has 2 aliphatic rings. The Morgan fingerprint density at radius 2 is 2.22 bits per heavy atom. The van der Waals surface area contributed by atoms with E-state index in [1.807, 2.05) is 0 Å². The second kappa shape index (κ2) is 7.59. The lowest BCUT2D eigenvalue weighted by Crippen LogP contribution is -2.49. The van der Waals surface area contributed by atoms with Crippen LogP contribution in [-0.2, 0) is 4.79 Å². The van der Waals surface area contributed by atoms with Gasteiger partial charge in [-0.15, -0.1) is 0 Å². The summed E-state index contributed by atoms with van der Waals surface area (Å²) in [5, 5.41) is 6.52. The number of nitrogens with zero attached hydrogens (tertiary/aromatic N) is 3. The maximum Gasteiger partial charge on any atom is 0.228 e. The molecule has 2 N–H and O–H groups in total. The fraction of sp³-hybridized carbons (Fsp3) is 0.688. The van der Waals surface area contributed by atoms with E-state index in [4.69, 9.17) is 4.74 Å². The number of piperidine rings is 2. The van der Waals surface area contributed by atoms with Crippen molar-refractivity contribution >= 4 is 11.9 Å². The van der Waals surface area contributed by atoms with Gasteiger partial charge in [-0.05, 0) is 32.2 Å². The highest BCUT2D eigenvalue weighted by Gasteiger charge is 2.27. The van der Waals surface area contributed by atoms with Crippen LogP contribution in [0.15, 0.2) is 12.3 Å². The van der Waals surface area contributed by atoms with Gasteiger partial charge in [-0.2, -0.15) is 4.98 Å². The Kier molecular flexibility index (Phi) is 5.27. The molecule has 0 spiro atoms. The molecule has 0 saturated carbocycles. The quantitative estimate of drug-likeness (QED) is 0.845. The molecular formula is C16H25N5O2. The number of anilines is 1. The Hall–Kier alpha value is -1.89. The molecular weight excluding hydrogens is 294 g/mol. The van der Waals surface area contributed by atoms with Gasteiger partial charge in [0.2, 0.25) is 17.7 Å². The first-order chi connectivity index (χ1) is 11.3. The van der Waals surface area contributed by atoms with Crippen LogP contribution >= 0.6 is 0 Å². The molecule has 7 heteroatoms. The Morgan fingerprint density at radius 1 is 1.39 bits per heavy atom. The van der Waals surface area contributed by atoms with E-state index in [1.54, 1.807) is 19.4 Å². The van der Waals surface area contributed by atoms with Gasteiger partial charge in [-0.3, -0.25) is 4.79 Å². The molecule has 126 valence electrons. The number of aromatic nitrogens is 2. The van der Waals surface area contributed by atoms with Crippen molar-refractivity contribution in [1.82, 2.24) is 20.6 Å². The minimum atomic E-state index is 0.0961. The van der Waals surface area contributed by atoms with Crippen molar-refractivity contribution in [1.29, 1.82) is 0 Å². The Bertz CT molecular complexity index is 525. The summed E-state index contributed by atoms with van der Waals surface area (Å²) < 4.78 is 5.14. The van der Waals surface area contributed by atoms with E-state index in [0.29, 0.717) is 11.8 Å². The number of hydrogen-bond donors (Lipinski definition) is 2. The standard InChI is InChI=1S/C16H25N5O2/c1-23-14-4-8-18-16(20-14)21-9-5-12(6-10-21)15(22)19-13-3-2-7-17-11-13/h4,8,12-13,17H,2-3,5-7,9-11H2,1H3,(H,19,22)/t13-/m0/s1. The molecule has 1 aromatic rings. The summed E-state index contributed by atoms with van der Waals surface area (Å²) in [6, 6.07) is 2.03. The lowest BCUT2D eigenvalue weighted by molar-refractivity contribution is -0.126. The van der Waals surface area contributed by atoms with Crippen molar-refractivity contribution in [3.63, 3.8) is 0 Å². The van der Waals surface area contributed by atoms with Crippen LogP contribution in [0.5, 0.6) is 5.88 Å². The second-order valence-electron chi connectivity index (χ2n) is 6.21. The average molecular weight is 319 g/mol. The third-order valence-electron chi connectivity index (χ3n) is 4.62. The molecule has 1 aromatic heterocycles. The highest BCUT2D eigenvalue weighted by atomic mass is 16.5. The lowest BCUT2D eigenvalue weighted by atomic mass is 9.95. The van der Waals surface area contributed by atoms with E-state index < -0.39 is 0 Å². The van der Waals surface area contributed by atoms with Gasteiger partial charge < -0.3 is 20.3 Å². The Morgan fingerprint density at radius 3 is 2.91 bits per heavy atom. The summed E-state index contributed by atoms with van der Waals surface area (Å²) in [4.78, 5) is 23.2. The summed E-state index contributed by atoms with van der Waals surface area (Å²) in [6.07, 6.45) is 5.60. The fourth-order valence-corrected chi connectivity index (χ4v) is 3.23. The van der Waals surface area contributed by atoms with Crippen LogP contribution in [0, 0.1) is 5.92 Å². The number of carbonyl (C=O) groups is 1. The third kappa shape index (κ3) is 4.10. The number of ether oxygens (including phenoxy) is 1. The predicted octanol–water partition coefficient (Wildman–Crippen LogP) is 0.570. The summed E-state index contributed by atoms with van der Waals surface area (Å²) in [5.74, 6) is 1.54. The zero-order chi connectivity index (χ0) is 16.1. The van der Waals surface area contributed by atoms with Crippen molar-refractivity contribution in [3.05, 3.63) is 12.3 Å². The van der Waals surface area contributed by atoms with Crippen molar-refractivity contribution < 1.29 is 9.53 Å². The number of methoxy groups -OCH3 is 1. The molecule has 0 unspecified atom stereocenters. The summed E-state index contributed by atoms with van der Waals surface area (Å²) >= 11 is 0. The second-order valence-corrected chi connectivity index (χ2v) is 6.21. The number of hydrogen-bond acceptors (Lipinski definition) is 6. The summed E-state index contributed by atoms with van der Waals surface area (Å²) in [7, 11) is 1.60. The van der Waals surface area contributed by atoms with Crippen LogP contribution in [0.1, 0.15) is 25.7 Å². The van der Waals surface area contributed by atoms with Gasteiger partial charge in [0.25, 0.3) is 0 Å². The molecule has 2 fully saturated rings. The normalized spacial score (nSPS) is 22.7. The first-order valence-electron chi connectivity index (χ1n) is 8.39. The molecule has 2 saturated heterocycles. The van der Waals surface area contributed by atoms with E-state index in [0.717, 1.165) is 51.9 Å². The van der Waals surface area contributed by atoms with Gasteiger partial charge in [-0.1, -0.05) is 0 Å². The van der Waals surface area contributed by atoms with Crippen molar-refractivity contribution in [2.75, 3.05) is 38.2 Å². The van der Waals surface area contributed by atoms with Crippen LogP contribution in [0.2, 0.25) is 0 Å². The van der Waals surface area contributed by atoms with Gasteiger partial charge in [-0.25, -0.2) is 4.98 Å². The maximum atomic E-state index is 12.4. The molecule has 23 heavy (non-hydrogen) atoms. The van der Waals surface area contributed by atoms with Crippen LogP contribution < -0.4 is 20.3 Å². The lowest BCUT2D eigenvalue weighted by Gasteiger charge is -2.32. The Balaban J connectivity index is 1.50. The maximum absolute atomic E-state index is 12.4. The minimum absolute atomic E-state index is 0.0961. The molecule has 0 bridgehead atoms. The van der Waals surface area contributed by atoms with Gasteiger partial charge >= 0.3 is 0 Å². The predicted molar refractivity (Wildman–Crippen MR) is 87.6 cm³/mol. The van der Waals surface area contributed by atoms with Crippen LogP contribution in [0.4, 0.5) is 5.95 Å². The third-order valence-corrected chi connectivity index (χ3v) is 4.62. The first kappa shape index (κ1) is 16.0. The summed E-state index contributed by atoms with van der Waals surface area (Å²) in [6.45, 7) is 3.55. The van der Waals surface area contributed by atoms with E-state index >= 15 is 0 Å². The van der Waals surface area contributed by atoms with Gasteiger partial charge in [0.1, 0.15) is 0 Å². The van der Waals surface area contributed by atoms with Gasteiger partial charge in [0, 0.05) is 43.9 Å². The number of nitrogens with one attached hydrogen (secondary N) is 2.